The number of hydrogen-bond acceptors (Lipinski definition) is 5. The van der Waals surface area contributed by atoms with E-state index in [1.807, 2.05) is 17.5 Å². The zero-order valence-corrected chi connectivity index (χ0v) is 19.4. The number of rotatable bonds is 6. The molecule has 0 saturated heterocycles. The van der Waals surface area contributed by atoms with Crippen molar-refractivity contribution in [3.05, 3.63) is 73.5 Å². The fourth-order valence-corrected chi connectivity index (χ4v) is 5.35. The van der Waals surface area contributed by atoms with Crippen LogP contribution in [-0.4, -0.2) is 21.2 Å². The van der Waals surface area contributed by atoms with Crippen molar-refractivity contribution >= 4 is 34.7 Å². The van der Waals surface area contributed by atoms with Crippen molar-refractivity contribution in [2.75, 3.05) is 11.1 Å². The van der Waals surface area contributed by atoms with Crippen LogP contribution in [0.5, 0.6) is 0 Å². The Balaban J connectivity index is 1.51. The number of thioether (sulfide) groups is 1. The molecule has 5 nitrogen and oxygen atoms in total. The van der Waals surface area contributed by atoms with Gasteiger partial charge in [-0.05, 0) is 48.9 Å². The van der Waals surface area contributed by atoms with Crippen LogP contribution in [-0.2, 0) is 36.5 Å². The second-order valence-electron chi connectivity index (χ2n) is 7.78. The summed E-state index contributed by atoms with van der Waals surface area (Å²) in [5.41, 5.74) is -2.49. The monoisotopic (exact) mass is 533 g/mol. The Hall–Kier alpha value is -2.80. The van der Waals surface area contributed by atoms with Crippen molar-refractivity contribution in [2.24, 2.45) is 0 Å². The zero-order chi connectivity index (χ0) is 25.4. The van der Waals surface area contributed by atoms with Crippen LogP contribution in [0, 0.1) is 0 Å². The summed E-state index contributed by atoms with van der Waals surface area (Å²) in [4.78, 5) is 30.1. The topological polar surface area (TPSA) is 64.0 Å². The summed E-state index contributed by atoms with van der Waals surface area (Å²) < 4.78 is 79.8. The Morgan fingerprint density at radius 3 is 2.37 bits per heavy atom. The number of nitrogens with zero attached hydrogens (tertiary/aromatic N) is 2. The number of aromatic nitrogens is 2. The van der Waals surface area contributed by atoms with Crippen LogP contribution in [0.4, 0.5) is 32.0 Å². The van der Waals surface area contributed by atoms with Gasteiger partial charge in [0.15, 0.2) is 0 Å². The maximum Gasteiger partial charge on any atom is 0.416 e. The number of anilines is 1. The molecule has 2 heterocycles. The summed E-state index contributed by atoms with van der Waals surface area (Å²) in [7, 11) is 0. The molecule has 0 atom stereocenters. The first-order valence-corrected chi connectivity index (χ1v) is 12.2. The minimum Gasteiger partial charge on any atom is -0.325 e. The Labute approximate surface area is 203 Å². The number of alkyl halides is 6. The first-order chi connectivity index (χ1) is 16.4. The highest BCUT2D eigenvalue weighted by Crippen LogP contribution is 2.37. The largest absolute Gasteiger partial charge is 0.416 e. The lowest BCUT2D eigenvalue weighted by atomic mass is 10.1. The summed E-state index contributed by atoms with van der Waals surface area (Å²) in [6, 6.07) is 4.66. The van der Waals surface area contributed by atoms with E-state index in [0.717, 1.165) is 34.3 Å². The molecular weight excluding hydrogens is 516 g/mol. The highest BCUT2D eigenvalue weighted by molar-refractivity contribution is 8.00. The van der Waals surface area contributed by atoms with E-state index in [1.165, 1.54) is 11.3 Å². The van der Waals surface area contributed by atoms with Gasteiger partial charge < -0.3 is 5.32 Å². The molecule has 0 aliphatic heterocycles. The molecule has 4 rings (SSSR count). The van der Waals surface area contributed by atoms with Gasteiger partial charge in [-0.25, -0.2) is 4.79 Å². The van der Waals surface area contributed by atoms with E-state index < -0.39 is 40.8 Å². The average Bonchev–Trinajstić information content (AvgIpc) is 3.45. The van der Waals surface area contributed by atoms with E-state index in [9.17, 15) is 35.9 Å². The molecule has 1 amide bonds. The van der Waals surface area contributed by atoms with E-state index >= 15 is 0 Å². The molecule has 35 heavy (non-hydrogen) atoms. The molecule has 0 saturated carbocycles. The second kappa shape index (κ2) is 9.69. The van der Waals surface area contributed by atoms with Gasteiger partial charge in [0.25, 0.3) is 0 Å². The molecule has 0 bridgehead atoms. The molecule has 3 aromatic rings. The van der Waals surface area contributed by atoms with Gasteiger partial charge in [0.05, 0.1) is 23.4 Å². The maximum absolute atomic E-state index is 13.0. The Morgan fingerprint density at radius 1 is 1.09 bits per heavy atom. The smallest absolute Gasteiger partial charge is 0.325 e. The lowest BCUT2D eigenvalue weighted by Gasteiger charge is -2.15. The third-order valence-corrected chi connectivity index (χ3v) is 7.19. The minimum atomic E-state index is -5.02. The van der Waals surface area contributed by atoms with E-state index in [4.69, 9.17) is 0 Å². The maximum atomic E-state index is 13.0. The van der Waals surface area contributed by atoms with Crippen molar-refractivity contribution in [1.29, 1.82) is 0 Å². The van der Waals surface area contributed by atoms with Gasteiger partial charge in [0.1, 0.15) is 5.03 Å². The number of halogens is 6. The second-order valence-corrected chi connectivity index (χ2v) is 9.77. The number of carbonyl (C=O) groups excluding carboxylic acids is 1. The Bertz CT molecular complexity index is 1270. The van der Waals surface area contributed by atoms with Crippen LogP contribution >= 0.6 is 23.1 Å². The predicted molar refractivity (Wildman–Crippen MR) is 120 cm³/mol. The van der Waals surface area contributed by atoms with Crippen LogP contribution < -0.4 is 11.0 Å². The van der Waals surface area contributed by atoms with Gasteiger partial charge in [0, 0.05) is 21.8 Å². The van der Waals surface area contributed by atoms with Crippen molar-refractivity contribution in [1.82, 2.24) is 9.55 Å². The lowest BCUT2D eigenvalue weighted by Crippen LogP contribution is -2.27. The van der Waals surface area contributed by atoms with Crippen molar-refractivity contribution in [3.63, 3.8) is 0 Å². The highest BCUT2D eigenvalue weighted by Gasteiger charge is 2.37. The van der Waals surface area contributed by atoms with Gasteiger partial charge in [0.2, 0.25) is 5.91 Å². The number of thiophene rings is 1. The normalized spacial score (nSPS) is 13.7. The SMILES string of the molecule is O=C(CSc1nc(=O)n(Cc2cccs2)c2c1CCC2)Nc1cc(C(F)(F)F)cc(C(F)(F)F)c1. The molecule has 1 aromatic carbocycles. The predicted octanol–water partition coefficient (Wildman–Crippen LogP) is 5.61. The van der Waals surface area contributed by atoms with Crippen LogP contribution in [0.25, 0.3) is 0 Å². The molecule has 0 spiro atoms. The molecule has 1 aliphatic rings. The molecule has 0 radical (unpaired) electrons. The lowest BCUT2D eigenvalue weighted by molar-refractivity contribution is -0.143. The van der Waals surface area contributed by atoms with E-state index in [0.29, 0.717) is 36.5 Å². The third kappa shape index (κ3) is 5.89. The minimum absolute atomic E-state index is 0.0111. The molecule has 186 valence electrons. The summed E-state index contributed by atoms with van der Waals surface area (Å²) >= 11 is 2.43. The fourth-order valence-electron chi connectivity index (χ4n) is 3.79. The van der Waals surface area contributed by atoms with E-state index in [1.54, 1.807) is 4.57 Å². The molecule has 13 heteroatoms. The van der Waals surface area contributed by atoms with Crippen LogP contribution in [0.3, 0.4) is 0 Å². The van der Waals surface area contributed by atoms with Crippen LogP contribution in [0.2, 0.25) is 0 Å². The summed E-state index contributed by atoms with van der Waals surface area (Å²) in [5.74, 6) is -1.16. The third-order valence-electron chi connectivity index (χ3n) is 5.31. The number of benzene rings is 1. The van der Waals surface area contributed by atoms with E-state index in [-0.39, 0.29) is 11.8 Å². The van der Waals surface area contributed by atoms with Gasteiger partial charge in [-0.3, -0.25) is 9.36 Å². The highest BCUT2D eigenvalue weighted by atomic mass is 32.2. The molecule has 0 unspecified atom stereocenters. The molecule has 2 aromatic heterocycles. The van der Waals surface area contributed by atoms with Gasteiger partial charge in [-0.2, -0.15) is 31.3 Å². The van der Waals surface area contributed by atoms with Gasteiger partial charge >= 0.3 is 18.0 Å². The number of carbonyl (C=O) groups is 1. The number of fused-ring (bicyclic) bond motifs is 1. The number of nitrogens with one attached hydrogen (secondary N) is 1. The summed E-state index contributed by atoms with van der Waals surface area (Å²) in [5, 5.41) is 4.34. The number of amides is 1. The fraction of sp³-hybridized carbons (Fsp3) is 0.318. The van der Waals surface area contributed by atoms with Crippen LogP contribution in [0.15, 0.2) is 45.5 Å². The quantitative estimate of drug-likeness (QED) is 0.254. The van der Waals surface area contributed by atoms with Gasteiger partial charge in [-0.1, -0.05) is 17.8 Å². The molecular formula is C22H17F6N3O2S2. The van der Waals surface area contributed by atoms with Gasteiger partial charge in [-0.15, -0.1) is 11.3 Å². The Kier molecular flexibility index (Phi) is 7.00. The number of hydrogen-bond donors (Lipinski definition) is 1. The zero-order valence-electron chi connectivity index (χ0n) is 17.8. The van der Waals surface area contributed by atoms with Crippen molar-refractivity contribution < 1.29 is 31.1 Å². The summed E-state index contributed by atoms with van der Waals surface area (Å²) in [6.07, 6.45) is -7.92. The average molecular weight is 534 g/mol. The molecule has 1 aliphatic carbocycles. The summed E-state index contributed by atoms with van der Waals surface area (Å²) in [6.45, 7) is 0.383. The standard InChI is InChI=1S/C22H17F6N3O2S2/c23-21(24,25)12-7-13(22(26,27)28)9-14(8-12)29-18(32)11-35-19-16-4-1-5-17(16)31(20(33)30-19)10-15-3-2-6-34-15/h2-3,6-9H,1,4-5,10-11H2,(H,29,32). The first-order valence-electron chi connectivity index (χ1n) is 10.3. The molecule has 1 N–H and O–H groups in total. The van der Waals surface area contributed by atoms with Crippen LogP contribution in [0.1, 0.15) is 33.7 Å². The Morgan fingerprint density at radius 2 is 1.77 bits per heavy atom. The van der Waals surface area contributed by atoms with E-state index in [2.05, 4.69) is 10.3 Å². The van der Waals surface area contributed by atoms with Crippen molar-refractivity contribution in [3.8, 4) is 0 Å². The molecule has 0 fully saturated rings. The first kappa shape index (κ1) is 25.3. The van der Waals surface area contributed by atoms with Crippen molar-refractivity contribution in [2.45, 2.75) is 43.2 Å².